The van der Waals surface area contributed by atoms with Crippen LogP contribution in [0.4, 0.5) is 11.6 Å². The number of carbonyl (C=O) groups excluding carboxylic acids is 2. The average molecular weight is 813 g/mol. The summed E-state index contributed by atoms with van der Waals surface area (Å²) in [5.41, 5.74) is 5.89. The number of carbonyl (C=O) groups is 2. The second-order valence-corrected chi connectivity index (χ2v) is 16.4. The Morgan fingerprint density at radius 3 is 2.49 bits per heavy atom. The summed E-state index contributed by atoms with van der Waals surface area (Å²) in [5, 5.41) is 3.72. The van der Waals surface area contributed by atoms with E-state index in [1.165, 1.54) is 16.3 Å². The molecule has 30 heteroatoms. The molecule has 7 atom stereocenters. The highest BCUT2D eigenvalue weighted by Gasteiger charge is 2.56. The first-order chi connectivity index (χ1) is 22.8. The number of rotatable bonds is 13. The molecule has 1 amide bonds. The Balaban J connectivity index is 1.42. The van der Waals surface area contributed by atoms with Gasteiger partial charge in [0.25, 0.3) is 5.91 Å². The number of thiol groups is 1. The Morgan fingerprint density at radius 2 is 1.84 bits per heavy atom. The smallest absolute Gasteiger partial charge is 0.465 e. The predicted molar refractivity (Wildman–Crippen MR) is 163 cm³/mol. The van der Waals surface area contributed by atoms with Gasteiger partial charge in [-0.3, -0.25) is 13.9 Å². The maximum atomic E-state index is 13.4. The number of aromatic amines is 1. The standard InChI is InChI=1S/C19H23N6O18P3S3/c1-37-17(27)12-8(6(3-48-12)4-49(35)36)22-14(26)18-40-10-7(2-38-45(31,32)43-46(33,34)42-44(28,29)30)39-16(11(10)41-18)25-5-21-9-13(25)23-19(20)24-15(9)47/h3,5,7,10-11,16,18,49H,2,4H2,1H3,(H,22,26)(H,31,32)(H,33,34)(H2,28,29,30)(H3,20,23,24,47). The first kappa shape index (κ1) is 37.7. The highest BCUT2D eigenvalue weighted by atomic mass is 32.2. The van der Waals surface area contributed by atoms with Gasteiger partial charge in [0.15, 0.2) is 11.9 Å². The van der Waals surface area contributed by atoms with Gasteiger partial charge in [-0.25, -0.2) is 31.9 Å². The average Bonchev–Trinajstić information content (AvgIpc) is 3.73. The molecule has 24 nitrogen and oxygen atoms in total. The number of esters is 1. The number of nitrogens with two attached hydrogens (primary N) is 1. The number of ether oxygens (including phenoxy) is 4. The number of amides is 1. The Kier molecular flexibility index (Phi) is 10.9. The largest absolute Gasteiger partial charge is 0.490 e. The number of thiophene rings is 1. The molecule has 5 heterocycles. The first-order valence-corrected chi connectivity index (χ1v) is 20.0. The van der Waals surface area contributed by atoms with E-state index in [4.69, 9.17) is 51.2 Å². The second kappa shape index (κ2) is 14.2. The van der Waals surface area contributed by atoms with Crippen LogP contribution in [-0.2, 0) is 67.0 Å². The number of phosphoric acid groups is 3. The van der Waals surface area contributed by atoms with Crippen molar-refractivity contribution in [3.8, 4) is 0 Å². The molecule has 8 N–H and O–H groups in total. The summed E-state index contributed by atoms with van der Waals surface area (Å²) >= 11 is 6.02. The molecule has 2 fully saturated rings. The van der Waals surface area contributed by atoms with Crippen molar-refractivity contribution in [2.75, 3.05) is 24.8 Å². The normalized spacial score (nSPS) is 24.8. The summed E-state index contributed by atoms with van der Waals surface area (Å²) in [6.07, 6.45) is -5.98. The van der Waals surface area contributed by atoms with Crippen molar-refractivity contribution in [1.82, 2.24) is 19.5 Å². The summed E-state index contributed by atoms with van der Waals surface area (Å²) < 4.78 is 93.7. The van der Waals surface area contributed by atoms with Crippen molar-refractivity contribution in [3.63, 3.8) is 0 Å². The first-order valence-electron chi connectivity index (χ1n) is 12.9. The van der Waals surface area contributed by atoms with Crippen LogP contribution in [0.1, 0.15) is 21.5 Å². The van der Waals surface area contributed by atoms with Crippen molar-refractivity contribution >= 4 is 92.4 Å². The fraction of sp³-hybridized carbons (Fsp3) is 0.421. The maximum Gasteiger partial charge on any atom is 0.490 e. The van der Waals surface area contributed by atoms with E-state index in [-0.39, 0.29) is 37.9 Å². The highest BCUT2D eigenvalue weighted by molar-refractivity contribution is 7.71. The molecule has 5 rings (SSSR count). The van der Waals surface area contributed by atoms with Gasteiger partial charge >= 0.3 is 29.4 Å². The van der Waals surface area contributed by atoms with Gasteiger partial charge in [0.2, 0.25) is 12.2 Å². The Labute approximate surface area is 282 Å². The molecule has 0 aliphatic carbocycles. The van der Waals surface area contributed by atoms with Gasteiger partial charge in [-0.2, -0.15) is 13.6 Å². The molecule has 0 spiro atoms. The van der Waals surface area contributed by atoms with Crippen molar-refractivity contribution < 1.29 is 83.4 Å². The van der Waals surface area contributed by atoms with Crippen LogP contribution in [0.15, 0.2) is 11.7 Å². The Morgan fingerprint density at radius 1 is 1.14 bits per heavy atom. The Bertz CT molecular complexity index is 2070. The van der Waals surface area contributed by atoms with Crippen LogP contribution in [0.5, 0.6) is 0 Å². The number of phosphoric ester groups is 1. The number of methoxy groups -OCH3 is 1. The van der Waals surface area contributed by atoms with Crippen molar-refractivity contribution in [2.24, 2.45) is 0 Å². The van der Waals surface area contributed by atoms with E-state index in [1.54, 1.807) is 0 Å². The number of fused-ring (bicyclic) bond motifs is 2. The molecule has 270 valence electrons. The number of H-pyrrole nitrogens is 1. The Hall–Kier alpha value is -2.55. The van der Waals surface area contributed by atoms with Crippen LogP contribution >= 0.6 is 47.0 Å². The number of hydrogen-bond donors (Lipinski definition) is 8. The van der Waals surface area contributed by atoms with Crippen LogP contribution < -0.4 is 11.1 Å². The summed E-state index contributed by atoms with van der Waals surface area (Å²) in [4.78, 5) is 73.4. The molecule has 3 aromatic rings. The number of nitrogens with one attached hydrogen (secondary N) is 2. The van der Waals surface area contributed by atoms with E-state index >= 15 is 0 Å². The summed E-state index contributed by atoms with van der Waals surface area (Å²) in [6.45, 7) is -1.00. The van der Waals surface area contributed by atoms with E-state index in [0.29, 0.717) is 0 Å². The van der Waals surface area contributed by atoms with Crippen molar-refractivity contribution in [1.29, 1.82) is 0 Å². The third kappa shape index (κ3) is 8.68. The number of imidazole rings is 1. The van der Waals surface area contributed by atoms with Gasteiger partial charge in [-0.1, -0.05) is 12.2 Å². The lowest BCUT2D eigenvalue weighted by molar-refractivity contribution is -0.166. The molecule has 0 radical (unpaired) electrons. The molecule has 0 aromatic carbocycles. The second-order valence-electron chi connectivity index (χ2n) is 9.70. The SMILES string of the molecule is COC(=O)c1scc(C[SH](=O)=O)c1NC(=O)C1OC2C(COP(=O)(O)OP(=O)(O)OP(=O)(O)O)OC(n3cnc4c(=S)[nH]c(N)nc43)C2O1. The lowest BCUT2D eigenvalue weighted by atomic mass is 10.1. The lowest BCUT2D eigenvalue weighted by Gasteiger charge is -2.22. The lowest BCUT2D eigenvalue weighted by Crippen LogP contribution is -2.34. The van der Waals surface area contributed by atoms with Gasteiger partial charge in [-0.05, 0) is 5.38 Å². The van der Waals surface area contributed by atoms with Gasteiger partial charge in [0.1, 0.15) is 44.1 Å². The number of nitrogen functional groups attached to an aromatic ring is 1. The fourth-order valence-corrected chi connectivity index (χ4v) is 9.50. The van der Waals surface area contributed by atoms with E-state index in [2.05, 4.69) is 28.9 Å². The number of aromatic nitrogens is 4. The topological polar surface area (TPSA) is 350 Å². The molecule has 0 bridgehead atoms. The monoisotopic (exact) mass is 812 g/mol. The predicted octanol–water partition coefficient (Wildman–Crippen LogP) is 0.0201. The van der Waals surface area contributed by atoms with Crippen molar-refractivity contribution in [3.05, 3.63) is 26.8 Å². The number of nitrogens with zero attached hydrogens (tertiary/aromatic N) is 3. The molecule has 3 aromatic heterocycles. The molecule has 2 aliphatic heterocycles. The van der Waals surface area contributed by atoms with Gasteiger partial charge < -0.3 is 54.6 Å². The van der Waals surface area contributed by atoms with E-state index in [9.17, 15) is 41.5 Å². The van der Waals surface area contributed by atoms with Gasteiger partial charge in [-0.15, -0.1) is 11.3 Å². The van der Waals surface area contributed by atoms with E-state index in [0.717, 1.165) is 18.4 Å². The van der Waals surface area contributed by atoms with Crippen molar-refractivity contribution in [2.45, 2.75) is 36.6 Å². The zero-order valence-corrected chi connectivity index (χ0v) is 29.2. The van der Waals surface area contributed by atoms with Gasteiger partial charge in [0, 0.05) is 5.56 Å². The molecule has 2 aliphatic rings. The van der Waals surface area contributed by atoms with Gasteiger partial charge in [0.05, 0.1) is 31.5 Å². The van der Waals surface area contributed by atoms with Crippen LogP contribution in [0.2, 0.25) is 0 Å². The van der Waals surface area contributed by atoms with Crippen LogP contribution in [-0.4, -0.2) is 97.7 Å². The maximum absolute atomic E-state index is 13.4. The minimum atomic E-state index is -5.85. The molecule has 7 unspecified atom stereocenters. The van der Waals surface area contributed by atoms with E-state index in [1.807, 2.05) is 0 Å². The summed E-state index contributed by atoms with van der Waals surface area (Å²) in [7, 11) is -19.1. The van der Waals surface area contributed by atoms with E-state index < -0.39 is 89.2 Å². The quantitative estimate of drug-likeness (QED) is 0.0488. The highest BCUT2D eigenvalue weighted by Crippen LogP contribution is 2.66. The minimum Gasteiger partial charge on any atom is -0.465 e. The molecule has 2 saturated heterocycles. The van der Waals surface area contributed by atoms with Crippen LogP contribution in [0.3, 0.4) is 0 Å². The molecule has 0 saturated carbocycles. The third-order valence-corrected chi connectivity index (χ3v) is 12.1. The van der Waals surface area contributed by atoms with Crippen LogP contribution in [0, 0.1) is 4.64 Å². The summed E-state index contributed by atoms with van der Waals surface area (Å²) in [5.74, 6) is -2.58. The molecular weight excluding hydrogens is 789 g/mol. The van der Waals surface area contributed by atoms with Crippen LogP contribution in [0.25, 0.3) is 11.2 Å². The zero-order valence-electron chi connectivity index (χ0n) is 24.0. The summed E-state index contributed by atoms with van der Waals surface area (Å²) in [6, 6.07) is 0. The third-order valence-electron chi connectivity index (χ3n) is 6.39. The number of hydrogen-bond acceptors (Lipinski definition) is 19. The minimum absolute atomic E-state index is 0.0624. The number of anilines is 2. The fourth-order valence-electron chi connectivity index (χ4n) is 4.63. The molecular formula is C19H23N6O18P3S3. The molecule has 49 heavy (non-hydrogen) atoms. The zero-order chi connectivity index (χ0) is 36.1.